The van der Waals surface area contributed by atoms with Gasteiger partial charge in [0.25, 0.3) is 0 Å². The van der Waals surface area contributed by atoms with Crippen LogP contribution in [0.3, 0.4) is 0 Å². The molecule has 1 aromatic carbocycles. The molecule has 3 unspecified atom stereocenters. The molecule has 3 saturated heterocycles. The van der Waals surface area contributed by atoms with E-state index in [4.69, 9.17) is 49.7 Å². The van der Waals surface area contributed by atoms with Crippen molar-refractivity contribution in [1.82, 2.24) is 54.6 Å². The zero-order valence-corrected chi connectivity index (χ0v) is 48.7. The van der Waals surface area contributed by atoms with E-state index in [1.807, 2.05) is 0 Å². The third-order valence-electron chi connectivity index (χ3n) is 13.7. The number of nitrogens with one attached hydrogen (secondary N) is 4. The Bertz CT molecular complexity index is 3340. The monoisotopic (exact) mass is 1270 g/mol. The Morgan fingerprint density at radius 2 is 1.52 bits per heavy atom. The van der Waals surface area contributed by atoms with Gasteiger partial charge >= 0.3 is 31.8 Å². The number of halogens is 3. The zero-order chi connectivity index (χ0) is 61.5. The van der Waals surface area contributed by atoms with Crippen LogP contribution in [-0.4, -0.2) is 167 Å². The maximum absolute atomic E-state index is 16.8. The van der Waals surface area contributed by atoms with Crippen LogP contribution < -0.4 is 38.5 Å². The number of aromatic nitrogens is 8. The molecule has 462 valence electrons. The molecule has 6 amide bonds. The molecule has 0 bridgehead atoms. The first-order valence-corrected chi connectivity index (χ1v) is 31.4. The van der Waals surface area contributed by atoms with Gasteiger partial charge in [-0.25, -0.2) is 66.6 Å². The van der Waals surface area contributed by atoms with Gasteiger partial charge in [-0.2, -0.15) is 0 Å². The van der Waals surface area contributed by atoms with E-state index < -0.39 is 137 Å². The fraction of sp³-hybridized carbons (Fsp3) is 0.511. The Morgan fingerprint density at radius 1 is 0.871 bits per heavy atom. The third kappa shape index (κ3) is 16.0. The standard InChI is InChI=1S/C47H61F3N16O15P2S2/c1-4-27-29(79-43(31(27)49)65-20-59-34-37(52)55-18-57-39(34)65)16-78-83(74,85)81-36-30(17-77-82(72,73)84)80-44(32(36)50)66-21-60-35-38(56-19-58-40(35)66)63-46(70)75-15-26-12-24(48)13-64(26)47(71)76-14-23-7-9-25(10-8-23)61-41(67)28(6-5-11-54-45(53)69)62-42(68)33(51)22(2)3/h4,7-10,18-22,24,26-33,36,43-44H,1,5-6,11-17,51H2,2-3H3,(H,61,67)(H,62,68)(H,74,85)(H2,52,55,57)(H3,53,54,69)(H2,72,73,84)(H,56,58,63,70)/t24-,26-,27+,28-,29+,30?,31+,32+,33-,36+,43+,44+,83?/m0/s1. The second kappa shape index (κ2) is 27.8. The molecule has 3 aliphatic heterocycles. The number of nitrogens with two attached hydrogens (primary N) is 3. The number of rotatable bonds is 25. The Kier molecular flexibility index (Phi) is 21.0. The van der Waals surface area contributed by atoms with Crippen LogP contribution in [0.25, 0.3) is 22.3 Å². The highest BCUT2D eigenvalue weighted by Crippen LogP contribution is 2.58. The van der Waals surface area contributed by atoms with E-state index in [0.717, 1.165) is 28.4 Å². The summed E-state index contributed by atoms with van der Waals surface area (Å²) in [6, 6.07) is 2.58. The van der Waals surface area contributed by atoms with E-state index >= 15 is 8.78 Å². The predicted molar refractivity (Wildman–Crippen MR) is 300 cm³/mol. The maximum atomic E-state index is 16.8. The number of carbonyl (C=O) groups excluding carboxylic acids is 5. The van der Waals surface area contributed by atoms with E-state index in [2.05, 4.69) is 82.2 Å². The smallest absolute Gasteiger partial charge is 0.412 e. The Hall–Kier alpha value is -6.72. The van der Waals surface area contributed by atoms with Crippen molar-refractivity contribution in [3.8, 4) is 0 Å². The number of likely N-dealkylation sites (tertiary alicyclic amines) is 1. The highest BCUT2D eigenvalue weighted by atomic mass is 32.7. The first-order chi connectivity index (χ1) is 40.3. The van der Waals surface area contributed by atoms with E-state index in [0.29, 0.717) is 17.7 Å². The summed E-state index contributed by atoms with van der Waals surface area (Å²) in [7, 11) is 0. The minimum atomic E-state index is -4.67. The van der Waals surface area contributed by atoms with Crippen LogP contribution >= 0.6 is 38.1 Å². The molecule has 85 heavy (non-hydrogen) atoms. The maximum Gasteiger partial charge on any atom is 0.412 e. The van der Waals surface area contributed by atoms with Gasteiger partial charge in [-0.05, 0) is 36.5 Å². The summed E-state index contributed by atoms with van der Waals surface area (Å²) in [5, 5.41) is 10.2. The number of alkyl halides is 3. The first-order valence-electron chi connectivity index (χ1n) is 26.0. The summed E-state index contributed by atoms with van der Waals surface area (Å²) in [4.78, 5) is 99.0. The highest BCUT2D eigenvalue weighted by molar-refractivity contribution is 8.44. The SMILES string of the molecule is C=C[C@H]1[C@@H](F)[C@H](n2cnc3c(N)ncnc32)O[C@@H]1COP(=O)(S)O[C@@H]1C(COP(=O)(O)S)O[C@@H](n2cnc3c(NC(=O)OC[C@@H]4C[C@H](F)CN4C(=O)OCc4ccc(NC(=O)[C@H](CCCNC(N)=O)NC(=O)[C@@H](N)C(C)C)cc4)ncnc32)[C@@H]1F. The summed E-state index contributed by atoms with van der Waals surface area (Å²) < 4.78 is 114. The van der Waals surface area contributed by atoms with Gasteiger partial charge < -0.3 is 57.0 Å². The molecule has 31 nitrogen and oxygen atoms in total. The second-order valence-electron chi connectivity index (χ2n) is 19.9. The quantitative estimate of drug-likeness (QED) is 0.0170. The molecule has 0 spiro atoms. The van der Waals surface area contributed by atoms with Crippen LogP contribution in [0.5, 0.6) is 0 Å². The number of imidazole rings is 2. The van der Waals surface area contributed by atoms with Crippen LogP contribution in [0.2, 0.25) is 0 Å². The number of amides is 6. The van der Waals surface area contributed by atoms with Crippen LogP contribution in [0.1, 0.15) is 51.1 Å². The van der Waals surface area contributed by atoms with Crippen molar-refractivity contribution in [2.45, 2.75) is 107 Å². The number of primary amides is 1. The fourth-order valence-electron chi connectivity index (χ4n) is 9.32. The number of thiol groups is 2. The number of ether oxygens (including phenoxy) is 4. The number of anilines is 3. The van der Waals surface area contributed by atoms with Crippen LogP contribution in [-0.2, 0) is 57.8 Å². The number of carbonyl (C=O) groups is 5. The second-order valence-corrected chi connectivity index (χ2v) is 25.6. The molecule has 0 radical (unpaired) electrons. The van der Waals surface area contributed by atoms with Crippen molar-refractivity contribution in [3.05, 3.63) is 67.8 Å². The van der Waals surface area contributed by atoms with E-state index in [1.54, 1.807) is 26.0 Å². The fourth-order valence-corrected chi connectivity index (χ4v) is 11.3. The lowest BCUT2D eigenvalue weighted by Crippen LogP contribution is -2.51. The molecule has 0 saturated carbocycles. The largest absolute Gasteiger partial charge is 0.447 e. The van der Waals surface area contributed by atoms with Crippen molar-refractivity contribution < 1.29 is 83.7 Å². The molecular weight excluding hydrogens is 1210 g/mol. The van der Waals surface area contributed by atoms with Gasteiger partial charge in [-0.1, -0.05) is 56.6 Å². The number of hydrogen-bond acceptors (Lipinski definition) is 22. The van der Waals surface area contributed by atoms with E-state index in [1.165, 1.54) is 29.1 Å². The summed E-state index contributed by atoms with van der Waals surface area (Å²) in [5.74, 6) is -2.57. The van der Waals surface area contributed by atoms with Gasteiger partial charge in [-0.15, -0.1) is 6.58 Å². The van der Waals surface area contributed by atoms with Crippen molar-refractivity contribution in [1.29, 1.82) is 0 Å². The zero-order valence-electron chi connectivity index (χ0n) is 45.1. The number of fused-ring (bicyclic) bond motifs is 2. The summed E-state index contributed by atoms with van der Waals surface area (Å²) in [6.45, 7) is -4.49. The third-order valence-corrected chi connectivity index (χ3v) is 16.2. The van der Waals surface area contributed by atoms with Gasteiger partial charge in [0.05, 0.1) is 50.6 Å². The molecule has 5 aromatic rings. The molecule has 8 rings (SSSR count). The number of benzene rings is 1. The Morgan fingerprint density at radius 3 is 2.19 bits per heavy atom. The predicted octanol–water partition coefficient (Wildman–Crippen LogP) is 4.16. The lowest BCUT2D eigenvalue weighted by molar-refractivity contribution is -0.128. The average Bonchev–Trinajstić information content (AvgIpc) is 2.10. The normalized spacial score (nSPS) is 25.2. The molecule has 38 heteroatoms. The van der Waals surface area contributed by atoms with Crippen LogP contribution in [0, 0.1) is 11.8 Å². The molecule has 3 fully saturated rings. The number of urea groups is 1. The Balaban J connectivity index is 0.852. The van der Waals surface area contributed by atoms with Crippen molar-refractivity contribution >= 4 is 108 Å². The lowest BCUT2D eigenvalue weighted by atomic mass is 10.00. The molecule has 7 heterocycles. The van der Waals surface area contributed by atoms with Gasteiger partial charge in [-0.3, -0.25) is 42.5 Å². The number of nitrogen functional groups attached to an aromatic ring is 1. The first kappa shape index (κ1) is 64.3. The van der Waals surface area contributed by atoms with Gasteiger partial charge in [0.2, 0.25) is 11.8 Å². The van der Waals surface area contributed by atoms with Gasteiger partial charge in [0.1, 0.15) is 55.8 Å². The summed E-state index contributed by atoms with van der Waals surface area (Å²) >= 11 is 7.55. The van der Waals surface area contributed by atoms with Gasteiger partial charge in [0.15, 0.2) is 53.2 Å². The lowest BCUT2D eigenvalue weighted by Gasteiger charge is -2.24. The van der Waals surface area contributed by atoms with Crippen molar-refractivity contribution in [2.24, 2.45) is 23.3 Å². The van der Waals surface area contributed by atoms with Crippen LogP contribution in [0.4, 0.5) is 44.9 Å². The van der Waals surface area contributed by atoms with E-state index in [9.17, 15) is 42.4 Å². The summed E-state index contributed by atoms with van der Waals surface area (Å²) in [5.41, 5.74) is 17.9. The van der Waals surface area contributed by atoms with Crippen molar-refractivity contribution in [2.75, 3.05) is 49.3 Å². The number of nitrogens with zero attached hydrogens (tertiary/aromatic N) is 9. The number of hydrogen-bond donors (Lipinski definition) is 10. The molecule has 4 aromatic heterocycles. The minimum Gasteiger partial charge on any atom is -0.447 e. The highest BCUT2D eigenvalue weighted by Gasteiger charge is 2.52. The van der Waals surface area contributed by atoms with Gasteiger partial charge in [0, 0.05) is 24.6 Å². The minimum absolute atomic E-state index is 0.0428. The average molecular weight is 1270 g/mol. The topological polar surface area (TPSA) is 421 Å². The molecule has 0 aliphatic carbocycles. The molecule has 11 N–H and O–H groups in total. The Labute approximate surface area is 491 Å². The molecular formula is C47H61F3N16O15P2S2. The summed E-state index contributed by atoms with van der Waals surface area (Å²) in [6.07, 6.45) is -9.44. The van der Waals surface area contributed by atoms with Crippen LogP contribution in [0.15, 0.2) is 62.2 Å². The molecule has 3 aliphatic rings. The molecule has 14 atom stereocenters. The van der Waals surface area contributed by atoms with E-state index in [-0.39, 0.29) is 72.4 Å². The van der Waals surface area contributed by atoms with Crippen molar-refractivity contribution in [3.63, 3.8) is 0 Å².